The van der Waals surface area contributed by atoms with Gasteiger partial charge in [0.2, 0.25) is 4.96 Å². The van der Waals surface area contributed by atoms with Gasteiger partial charge in [-0.25, -0.2) is 0 Å². The van der Waals surface area contributed by atoms with Gasteiger partial charge in [-0.15, -0.1) is 10.2 Å². The lowest BCUT2D eigenvalue weighted by molar-refractivity contribution is 0.329. The molecule has 0 aliphatic carbocycles. The van der Waals surface area contributed by atoms with Gasteiger partial charge in [-0.2, -0.15) is 9.61 Å². The Morgan fingerprint density at radius 2 is 2.00 bits per heavy atom. The highest BCUT2D eigenvalue weighted by Crippen LogP contribution is 2.22. The van der Waals surface area contributed by atoms with Gasteiger partial charge in [0.05, 0.1) is 12.1 Å². The number of hydrogen-bond acceptors (Lipinski definition) is 6. The van der Waals surface area contributed by atoms with Crippen LogP contribution in [0.2, 0.25) is 0 Å². The second-order valence-electron chi connectivity index (χ2n) is 6.65. The van der Waals surface area contributed by atoms with E-state index in [4.69, 9.17) is 5.10 Å². The molecule has 0 spiro atoms. The summed E-state index contributed by atoms with van der Waals surface area (Å²) in [4.78, 5) is 7.76. The standard InChI is InChI=1S/C18H17BrN6S/c19-14-9-13-7-12(3-4-15(13)20-10-14)8-16-21-22-18-25(16)23-17(26-18)11-24-5-1-2-6-24/h3-4,7,9-10H,1-2,5-6,8,11H2. The van der Waals surface area contributed by atoms with Crippen molar-refractivity contribution in [2.24, 2.45) is 0 Å². The third-order valence-corrected chi connectivity index (χ3v) is 6.05. The van der Waals surface area contributed by atoms with Crippen molar-refractivity contribution >= 4 is 43.1 Å². The van der Waals surface area contributed by atoms with Crippen LogP contribution in [0.5, 0.6) is 0 Å². The van der Waals surface area contributed by atoms with Gasteiger partial charge in [0.1, 0.15) is 5.01 Å². The highest BCUT2D eigenvalue weighted by Gasteiger charge is 2.17. The summed E-state index contributed by atoms with van der Waals surface area (Å²) in [6.45, 7) is 3.27. The molecule has 1 aromatic carbocycles. The molecule has 1 saturated heterocycles. The van der Waals surface area contributed by atoms with Crippen molar-refractivity contribution in [1.29, 1.82) is 0 Å². The van der Waals surface area contributed by atoms with Crippen LogP contribution in [-0.4, -0.2) is 42.8 Å². The molecule has 4 aromatic rings. The molecule has 0 radical (unpaired) electrons. The summed E-state index contributed by atoms with van der Waals surface area (Å²) in [5, 5.41) is 15.6. The molecule has 1 aliphatic heterocycles. The topological polar surface area (TPSA) is 59.2 Å². The molecule has 132 valence electrons. The summed E-state index contributed by atoms with van der Waals surface area (Å²) < 4.78 is 2.89. The van der Waals surface area contributed by atoms with Gasteiger partial charge in [0.25, 0.3) is 0 Å². The fourth-order valence-corrected chi connectivity index (χ4v) is 4.69. The Balaban J connectivity index is 1.42. The van der Waals surface area contributed by atoms with Gasteiger partial charge >= 0.3 is 0 Å². The first-order chi connectivity index (χ1) is 12.7. The zero-order chi connectivity index (χ0) is 17.5. The minimum atomic E-state index is 0.705. The van der Waals surface area contributed by atoms with E-state index in [2.05, 4.69) is 60.3 Å². The van der Waals surface area contributed by atoms with E-state index < -0.39 is 0 Å². The lowest BCUT2D eigenvalue weighted by Gasteiger charge is -2.10. The maximum absolute atomic E-state index is 4.76. The molecule has 6 nitrogen and oxygen atoms in total. The van der Waals surface area contributed by atoms with Crippen molar-refractivity contribution in [2.75, 3.05) is 13.1 Å². The summed E-state index contributed by atoms with van der Waals surface area (Å²) in [6.07, 6.45) is 5.11. The third-order valence-electron chi connectivity index (χ3n) is 4.73. The maximum atomic E-state index is 4.76. The average molecular weight is 429 g/mol. The third kappa shape index (κ3) is 3.13. The van der Waals surface area contributed by atoms with Gasteiger partial charge in [-0.05, 0) is 65.6 Å². The van der Waals surface area contributed by atoms with Crippen LogP contribution in [0, 0.1) is 0 Å². The van der Waals surface area contributed by atoms with Crippen LogP contribution >= 0.6 is 27.3 Å². The Morgan fingerprint density at radius 1 is 1.12 bits per heavy atom. The highest BCUT2D eigenvalue weighted by molar-refractivity contribution is 9.10. The zero-order valence-electron chi connectivity index (χ0n) is 14.1. The number of nitrogens with zero attached hydrogens (tertiary/aromatic N) is 6. The van der Waals surface area contributed by atoms with Crippen LogP contribution in [0.15, 0.2) is 34.9 Å². The number of likely N-dealkylation sites (tertiary alicyclic amines) is 1. The molecular weight excluding hydrogens is 412 g/mol. The quantitative estimate of drug-likeness (QED) is 0.495. The first-order valence-corrected chi connectivity index (χ1v) is 10.3. The van der Waals surface area contributed by atoms with E-state index in [-0.39, 0.29) is 0 Å². The summed E-state index contributed by atoms with van der Waals surface area (Å²) in [6, 6.07) is 8.39. The fraction of sp³-hybridized carbons (Fsp3) is 0.333. The highest BCUT2D eigenvalue weighted by atomic mass is 79.9. The molecule has 1 fully saturated rings. The van der Waals surface area contributed by atoms with Crippen LogP contribution in [0.1, 0.15) is 29.2 Å². The first kappa shape index (κ1) is 16.3. The van der Waals surface area contributed by atoms with E-state index >= 15 is 0 Å². The number of rotatable bonds is 4. The molecule has 0 saturated carbocycles. The van der Waals surface area contributed by atoms with Gasteiger partial charge in [-0.3, -0.25) is 9.88 Å². The van der Waals surface area contributed by atoms with Crippen LogP contribution < -0.4 is 0 Å². The second kappa shape index (κ2) is 6.68. The zero-order valence-corrected chi connectivity index (χ0v) is 16.5. The number of fused-ring (bicyclic) bond motifs is 2. The first-order valence-electron chi connectivity index (χ1n) is 8.71. The second-order valence-corrected chi connectivity index (χ2v) is 8.60. The molecule has 3 aromatic heterocycles. The van der Waals surface area contributed by atoms with Crippen LogP contribution in [-0.2, 0) is 13.0 Å². The van der Waals surface area contributed by atoms with Crippen LogP contribution in [0.4, 0.5) is 0 Å². The molecule has 26 heavy (non-hydrogen) atoms. The predicted molar refractivity (Wildman–Crippen MR) is 105 cm³/mol. The van der Waals surface area contributed by atoms with Crippen LogP contribution in [0.25, 0.3) is 15.9 Å². The average Bonchev–Trinajstić information content (AvgIpc) is 3.34. The number of aromatic nitrogens is 5. The fourth-order valence-electron chi connectivity index (χ4n) is 3.45. The Morgan fingerprint density at radius 3 is 2.88 bits per heavy atom. The van der Waals surface area contributed by atoms with E-state index in [1.165, 1.54) is 31.5 Å². The number of halogens is 1. The Bertz CT molecular complexity index is 1080. The van der Waals surface area contributed by atoms with Crippen molar-refractivity contribution in [3.8, 4) is 0 Å². The van der Waals surface area contributed by atoms with Crippen LogP contribution in [0.3, 0.4) is 0 Å². The van der Waals surface area contributed by atoms with Crippen molar-refractivity contribution < 1.29 is 0 Å². The molecule has 0 atom stereocenters. The summed E-state index contributed by atoms with van der Waals surface area (Å²) in [5.74, 6) is 0.881. The Kier molecular flexibility index (Phi) is 4.18. The van der Waals surface area contributed by atoms with E-state index in [0.717, 1.165) is 37.7 Å². The summed E-state index contributed by atoms with van der Waals surface area (Å²) >= 11 is 5.13. The molecule has 0 N–H and O–H groups in total. The molecule has 1 aliphatic rings. The maximum Gasteiger partial charge on any atom is 0.234 e. The van der Waals surface area contributed by atoms with Crippen molar-refractivity contribution in [1.82, 2.24) is 29.7 Å². The van der Waals surface area contributed by atoms with Gasteiger partial charge < -0.3 is 0 Å². The molecular formula is C18H17BrN6S. The molecule has 0 amide bonds. The predicted octanol–water partition coefficient (Wildman–Crippen LogP) is 3.68. The Hall–Kier alpha value is -1.90. The molecule has 0 bridgehead atoms. The molecule has 5 rings (SSSR count). The number of pyridine rings is 1. The summed E-state index contributed by atoms with van der Waals surface area (Å²) in [7, 11) is 0. The van der Waals surface area contributed by atoms with E-state index in [0.29, 0.717) is 6.42 Å². The van der Waals surface area contributed by atoms with E-state index in [1.54, 1.807) is 11.3 Å². The SMILES string of the molecule is Brc1cnc2ccc(Cc3nnc4sc(CN5CCCC5)nn34)cc2c1. The van der Waals surface area contributed by atoms with Gasteiger partial charge in [0, 0.05) is 22.5 Å². The summed E-state index contributed by atoms with van der Waals surface area (Å²) in [5.41, 5.74) is 2.17. The van der Waals surface area contributed by atoms with Crippen molar-refractivity contribution in [3.05, 3.63) is 51.3 Å². The van der Waals surface area contributed by atoms with E-state index in [9.17, 15) is 0 Å². The van der Waals surface area contributed by atoms with Gasteiger partial charge in [0.15, 0.2) is 5.82 Å². The van der Waals surface area contributed by atoms with Crippen molar-refractivity contribution in [3.63, 3.8) is 0 Å². The van der Waals surface area contributed by atoms with Crippen molar-refractivity contribution in [2.45, 2.75) is 25.8 Å². The largest absolute Gasteiger partial charge is 0.297 e. The normalized spacial score (nSPS) is 15.4. The van der Waals surface area contributed by atoms with Gasteiger partial charge in [-0.1, -0.05) is 17.4 Å². The monoisotopic (exact) mass is 428 g/mol. The lowest BCUT2D eigenvalue weighted by atomic mass is 10.1. The van der Waals surface area contributed by atoms with E-state index in [1.807, 2.05) is 10.7 Å². The minimum absolute atomic E-state index is 0.705. The molecule has 4 heterocycles. The minimum Gasteiger partial charge on any atom is -0.297 e. The number of benzene rings is 1. The lowest BCUT2D eigenvalue weighted by Crippen LogP contribution is -2.18. The Labute approximate surface area is 163 Å². The smallest absolute Gasteiger partial charge is 0.234 e. The molecule has 0 unspecified atom stereocenters. The molecule has 8 heteroatoms. The number of hydrogen-bond donors (Lipinski definition) is 0.